The molecule has 0 aliphatic heterocycles. The van der Waals surface area contributed by atoms with E-state index in [-0.39, 0.29) is 11.4 Å². The third-order valence-corrected chi connectivity index (χ3v) is 2.01. The van der Waals surface area contributed by atoms with E-state index in [0.29, 0.717) is 6.42 Å². The summed E-state index contributed by atoms with van der Waals surface area (Å²) >= 11 is 0. The molecule has 3 nitrogen and oxygen atoms in total. The van der Waals surface area contributed by atoms with Crippen molar-refractivity contribution >= 4 is 5.91 Å². The van der Waals surface area contributed by atoms with E-state index in [1.165, 1.54) is 0 Å². The van der Waals surface area contributed by atoms with Crippen LogP contribution in [-0.2, 0) is 11.2 Å². The van der Waals surface area contributed by atoms with Crippen molar-refractivity contribution in [2.24, 2.45) is 0 Å². The Balaban J connectivity index is 2.62. The highest BCUT2D eigenvalue weighted by molar-refractivity contribution is 5.79. The second-order valence-corrected chi connectivity index (χ2v) is 4.83. The molecule has 1 aromatic carbocycles. The van der Waals surface area contributed by atoms with E-state index >= 15 is 0 Å². The van der Waals surface area contributed by atoms with E-state index in [4.69, 9.17) is 4.74 Å². The van der Waals surface area contributed by atoms with E-state index in [9.17, 15) is 4.79 Å². The van der Waals surface area contributed by atoms with Crippen LogP contribution < -0.4 is 10.1 Å². The van der Waals surface area contributed by atoms with Gasteiger partial charge in [-0.1, -0.05) is 12.1 Å². The fourth-order valence-electron chi connectivity index (χ4n) is 1.43. The molecule has 0 fully saturated rings. The van der Waals surface area contributed by atoms with Crippen molar-refractivity contribution in [2.45, 2.75) is 32.7 Å². The lowest BCUT2D eigenvalue weighted by atomic mass is 10.1. The van der Waals surface area contributed by atoms with Gasteiger partial charge in [0.15, 0.2) is 0 Å². The minimum atomic E-state index is -0.185. The molecule has 1 N–H and O–H groups in total. The number of nitrogens with one attached hydrogen (secondary N) is 1. The first kappa shape index (κ1) is 12.6. The highest BCUT2D eigenvalue weighted by atomic mass is 16.5. The lowest BCUT2D eigenvalue weighted by molar-refractivity contribution is -0.121. The molecule has 0 atom stereocenters. The number of hydrogen-bond donors (Lipinski definition) is 1. The normalized spacial score (nSPS) is 11.0. The maximum Gasteiger partial charge on any atom is 0.224 e. The van der Waals surface area contributed by atoms with Gasteiger partial charge in [0.2, 0.25) is 5.91 Å². The van der Waals surface area contributed by atoms with Gasteiger partial charge in [0.25, 0.3) is 0 Å². The van der Waals surface area contributed by atoms with Gasteiger partial charge in [-0.15, -0.1) is 0 Å². The Hall–Kier alpha value is -1.51. The van der Waals surface area contributed by atoms with Crippen LogP contribution >= 0.6 is 0 Å². The second kappa shape index (κ2) is 5.01. The first-order valence-electron chi connectivity index (χ1n) is 5.34. The van der Waals surface area contributed by atoms with Crippen LogP contribution in [-0.4, -0.2) is 18.6 Å². The molecule has 1 amide bonds. The average Bonchev–Trinajstić information content (AvgIpc) is 2.15. The Morgan fingerprint density at radius 2 is 2.06 bits per heavy atom. The van der Waals surface area contributed by atoms with Gasteiger partial charge in [-0.05, 0) is 38.5 Å². The Morgan fingerprint density at radius 3 is 2.62 bits per heavy atom. The molecule has 16 heavy (non-hydrogen) atoms. The topological polar surface area (TPSA) is 38.3 Å². The number of carbonyl (C=O) groups is 1. The summed E-state index contributed by atoms with van der Waals surface area (Å²) < 4.78 is 5.11. The number of benzene rings is 1. The molecule has 0 saturated heterocycles. The molecule has 0 radical (unpaired) electrons. The highest BCUT2D eigenvalue weighted by Crippen LogP contribution is 2.13. The Bertz CT molecular complexity index is 366. The van der Waals surface area contributed by atoms with Crippen molar-refractivity contribution in [3.8, 4) is 5.75 Å². The Morgan fingerprint density at radius 1 is 1.38 bits per heavy atom. The van der Waals surface area contributed by atoms with Crippen LogP contribution in [0.4, 0.5) is 0 Å². The first-order valence-corrected chi connectivity index (χ1v) is 5.34. The SMILES string of the molecule is COc1cccc(CC(=O)NC(C)(C)C)c1. The number of rotatable bonds is 3. The van der Waals surface area contributed by atoms with Gasteiger partial charge in [-0.25, -0.2) is 0 Å². The molecule has 0 bridgehead atoms. The predicted molar refractivity (Wildman–Crippen MR) is 64.6 cm³/mol. The third kappa shape index (κ3) is 4.34. The summed E-state index contributed by atoms with van der Waals surface area (Å²) in [4.78, 5) is 11.7. The quantitative estimate of drug-likeness (QED) is 0.849. The van der Waals surface area contributed by atoms with Crippen LogP contribution in [0.3, 0.4) is 0 Å². The van der Waals surface area contributed by atoms with Crippen LogP contribution in [0, 0.1) is 0 Å². The van der Waals surface area contributed by atoms with E-state index in [0.717, 1.165) is 11.3 Å². The predicted octanol–water partition coefficient (Wildman–Crippen LogP) is 2.15. The number of hydrogen-bond acceptors (Lipinski definition) is 2. The molecule has 0 aliphatic carbocycles. The fourth-order valence-corrected chi connectivity index (χ4v) is 1.43. The summed E-state index contributed by atoms with van der Waals surface area (Å²) in [6.07, 6.45) is 0.383. The summed E-state index contributed by atoms with van der Waals surface area (Å²) in [5.74, 6) is 0.807. The lowest BCUT2D eigenvalue weighted by Crippen LogP contribution is -2.41. The summed E-state index contributed by atoms with van der Waals surface area (Å²) in [7, 11) is 1.62. The summed E-state index contributed by atoms with van der Waals surface area (Å²) in [6, 6.07) is 7.55. The van der Waals surface area contributed by atoms with Crippen LogP contribution in [0.1, 0.15) is 26.3 Å². The number of ether oxygens (including phenoxy) is 1. The molecule has 1 aromatic rings. The Kier molecular flexibility index (Phi) is 3.93. The zero-order valence-corrected chi connectivity index (χ0v) is 10.3. The van der Waals surface area contributed by atoms with Crippen molar-refractivity contribution in [3.63, 3.8) is 0 Å². The van der Waals surface area contributed by atoms with Crippen LogP contribution in [0.2, 0.25) is 0 Å². The van der Waals surface area contributed by atoms with Gasteiger partial charge in [0.05, 0.1) is 13.5 Å². The van der Waals surface area contributed by atoms with E-state index < -0.39 is 0 Å². The molecule has 1 rings (SSSR count). The van der Waals surface area contributed by atoms with E-state index in [2.05, 4.69) is 5.32 Å². The van der Waals surface area contributed by atoms with Gasteiger partial charge in [-0.3, -0.25) is 4.79 Å². The van der Waals surface area contributed by atoms with Crippen LogP contribution in [0.25, 0.3) is 0 Å². The Labute approximate surface area is 96.8 Å². The van der Waals surface area contributed by atoms with Gasteiger partial charge in [-0.2, -0.15) is 0 Å². The van der Waals surface area contributed by atoms with Crippen molar-refractivity contribution < 1.29 is 9.53 Å². The van der Waals surface area contributed by atoms with Gasteiger partial charge < -0.3 is 10.1 Å². The molecule has 0 aliphatic rings. The van der Waals surface area contributed by atoms with Crippen molar-refractivity contribution in [3.05, 3.63) is 29.8 Å². The van der Waals surface area contributed by atoms with E-state index in [1.807, 2.05) is 45.0 Å². The van der Waals surface area contributed by atoms with Gasteiger partial charge >= 0.3 is 0 Å². The van der Waals surface area contributed by atoms with Crippen molar-refractivity contribution in [2.75, 3.05) is 7.11 Å². The maximum absolute atomic E-state index is 11.7. The molecular formula is C13H19NO2. The monoisotopic (exact) mass is 221 g/mol. The standard InChI is InChI=1S/C13H19NO2/c1-13(2,3)14-12(15)9-10-6-5-7-11(8-10)16-4/h5-8H,9H2,1-4H3,(H,14,15). The minimum absolute atomic E-state index is 0.0285. The average molecular weight is 221 g/mol. The first-order chi connectivity index (χ1) is 7.40. The fraction of sp³-hybridized carbons (Fsp3) is 0.462. The molecule has 88 valence electrons. The van der Waals surface area contributed by atoms with E-state index in [1.54, 1.807) is 7.11 Å². The van der Waals surface area contributed by atoms with Crippen molar-refractivity contribution in [1.29, 1.82) is 0 Å². The molecule has 3 heteroatoms. The lowest BCUT2D eigenvalue weighted by Gasteiger charge is -2.20. The summed E-state index contributed by atoms with van der Waals surface area (Å²) in [5.41, 5.74) is 0.775. The zero-order chi connectivity index (χ0) is 12.2. The van der Waals surface area contributed by atoms with Crippen LogP contribution in [0.15, 0.2) is 24.3 Å². The smallest absolute Gasteiger partial charge is 0.224 e. The maximum atomic E-state index is 11.7. The highest BCUT2D eigenvalue weighted by Gasteiger charge is 2.13. The second-order valence-electron chi connectivity index (χ2n) is 4.83. The van der Waals surface area contributed by atoms with Gasteiger partial charge in [0, 0.05) is 5.54 Å². The molecule has 0 spiro atoms. The zero-order valence-electron chi connectivity index (χ0n) is 10.3. The molecule has 0 unspecified atom stereocenters. The number of carbonyl (C=O) groups excluding carboxylic acids is 1. The number of amides is 1. The molecule has 0 saturated carbocycles. The minimum Gasteiger partial charge on any atom is -0.497 e. The largest absolute Gasteiger partial charge is 0.497 e. The van der Waals surface area contributed by atoms with Crippen LogP contribution in [0.5, 0.6) is 5.75 Å². The molecule has 0 heterocycles. The summed E-state index contributed by atoms with van der Waals surface area (Å²) in [6.45, 7) is 5.91. The molecular weight excluding hydrogens is 202 g/mol. The summed E-state index contributed by atoms with van der Waals surface area (Å²) in [5, 5.41) is 2.93. The molecule has 0 aromatic heterocycles. The van der Waals surface area contributed by atoms with Crippen molar-refractivity contribution in [1.82, 2.24) is 5.32 Å². The number of methoxy groups -OCH3 is 1. The third-order valence-electron chi connectivity index (χ3n) is 2.01. The van der Waals surface area contributed by atoms with Gasteiger partial charge in [0.1, 0.15) is 5.75 Å².